The van der Waals surface area contributed by atoms with E-state index in [9.17, 15) is 0 Å². The summed E-state index contributed by atoms with van der Waals surface area (Å²) in [6.07, 6.45) is 7.33. The van der Waals surface area contributed by atoms with Crippen molar-refractivity contribution >= 4 is 16.9 Å². The number of fused-ring (bicyclic) bond motifs is 1. The molecule has 0 aliphatic rings. The van der Waals surface area contributed by atoms with Crippen LogP contribution in [0, 0.1) is 0 Å². The minimum absolute atomic E-state index is 0.501. The summed E-state index contributed by atoms with van der Waals surface area (Å²) in [5, 5.41) is 1.05. The number of benzene rings is 1. The Balaban J connectivity index is 1.51. The number of ether oxygens (including phenoxy) is 1. The van der Waals surface area contributed by atoms with E-state index in [0.29, 0.717) is 12.4 Å². The maximum atomic E-state index is 5.90. The molecule has 6 heteroatoms. The molecule has 0 aliphatic heterocycles. The number of pyridine rings is 1. The van der Waals surface area contributed by atoms with Crippen LogP contribution < -0.4 is 10.5 Å². The van der Waals surface area contributed by atoms with Crippen molar-refractivity contribution in [2.24, 2.45) is 0 Å². The van der Waals surface area contributed by atoms with Gasteiger partial charge in [-0.25, -0.2) is 9.97 Å². The van der Waals surface area contributed by atoms with Crippen molar-refractivity contribution in [2.45, 2.75) is 6.54 Å². The molecule has 0 fully saturated rings. The lowest BCUT2D eigenvalue weighted by Crippen LogP contribution is -2.06. The average molecular weight is 319 g/mol. The first-order valence-electron chi connectivity index (χ1n) is 7.72. The fraction of sp³-hybridized carbons (Fsp3) is 0.111. The molecule has 0 unspecified atom stereocenters. The highest BCUT2D eigenvalue weighted by Gasteiger charge is 2.08. The number of nitrogens with two attached hydrogens (primary N) is 1. The first kappa shape index (κ1) is 14.3. The zero-order valence-corrected chi connectivity index (χ0v) is 13.0. The Labute approximate surface area is 138 Å². The second-order valence-corrected chi connectivity index (χ2v) is 5.51. The second kappa shape index (κ2) is 6.08. The molecular weight excluding hydrogens is 302 g/mol. The lowest BCUT2D eigenvalue weighted by Gasteiger charge is -2.09. The molecule has 0 aliphatic carbocycles. The van der Waals surface area contributed by atoms with Gasteiger partial charge in [0, 0.05) is 24.0 Å². The summed E-state index contributed by atoms with van der Waals surface area (Å²) < 4.78 is 7.76. The highest BCUT2D eigenvalue weighted by atomic mass is 16.5. The highest BCUT2D eigenvalue weighted by molar-refractivity contribution is 5.94. The SMILES string of the molecule is Nc1cc(-c2ccc(OCCn3ccnc3)cc2)c2cc[nH]c2n1. The van der Waals surface area contributed by atoms with Crippen molar-refractivity contribution in [2.75, 3.05) is 12.3 Å². The van der Waals surface area contributed by atoms with E-state index in [-0.39, 0.29) is 0 Å². The van der Waals surface area contributed by atoms with Crippen molar-refractivity contribution < 1.29 is 4.74 Å². The fourth-order valence-electron chi connectivity index (χ4n) is 2.71. The van der Waals surface area contributed by atoms with Crippen molar-refractivity contribution in [1.82, 2.24) is 19.5 Å². The van der Waals surface area contributed by atoms with Gasteiger partial charge in [-0.05, 0) is 35.4 Å². The molecule has 0 saturated heterocycles. The Morgan fingerprint density at radius 1 is 1.17 bits per heavy atom. The minimum Gasteiger partial charge on any atom is -0.492 e. The molecule has 0 spiro atoms. The quantitative estimate of drug-likeness (QED) is 0.592. The van der Waals surface area contributed by atoms with Crippen molar-refractivity contribution in [3.63, 3.8) is 0 Å². The molecule has 6 nitrogen and oxygen atoms in total. The average Bonchev–Trinajstić information content (AvgIpc) is 3.26. The molecule has 3 N–H and O–H groups in total. The van der Waals surface area contributed by atoms with E-state index in [0.717, 1.165) is 34.5 Å². The van der Waals surface area contributed by atoms with Crippen LogP contribution >= 0.6 is 0 Å². The molecule has 1 aromatic carbocycles. The Bertz CT molecular complexity index is 941. The van der Waals surface area contributed by atoms with Crippen LogP contribution in [0.1, 0.15) is 0 Å². The fourth-order valence-corrected chi connectivity index (χ4v) is 2.71. The lowest BCUT2D eigenvalue weighted by molar-refractivity contribution is 0.298. The summed E-state index contributed by atoms with van der Waals surface area (Å²) in [7, 11) is 0. The van der Waals surface area contributed by atoms with Gasteiger partial charge >= 0.3 is 0 Å². The smallest absolute Gasteiger partial charge is 0.140 e. The maximum absolute atomic E-state index is 5.90. The van der Waals surface area contributed by atoms with Crippen molar-refractivity contribution in [3.05, 3.63) is 61.3 Å². The number of nitrogens with one attached hydrogen (secondary N) is 1. The van der Waals surface area contributed by atoms with Crippen LogP contribution in [-0.4, -0.2) is 26.1 Å². The van der Waals surface area contributed by atoms with Gasteiger partial charge in [-0.2, -0.15) is 0 Å². The molecule has 0 atom stereocenters. The number of anilines is 1. The van der Waals surface area contributed by atoms with Crippen LogP contribution in [0.3, 0.4) is 0 Å². The molecule has 120 valence electrons. The zero-order valence-electron chi connectivity index (χ0n) is 13.0. The van der Waals surface area contributed by atoms with Gasteiger partial charge in [0.2, 0.25) is 0 Å². The largest absolute Gasteiger partial charge is 0.492 e. The Morgan fingerprint density at radius 2 is 2.04 bits per heavy atom. The van der Waals surface area contributed by atoms with Gasteiger partial charge in [0.25, 0.3) is 0 Å². The molecule has 0 radical (unpaired) electrons. The van der Waals surface area contributed by atoms with Crippen molar-refractivity contribution in [3.8, 4) is 16.9 Å². The first-order chi connectivity index (χ1) is 11.8. The summed E-state index contributed by atoms with van der Waals surface area (Å²) in [6.45, 7) is 1.37. The van der Waals surface area contributed by atoms with Gasteiger partial charge in [-0.3, -0.25) is 0 Å². The van der Waals surface area contributed by atoms with Gasteiger partial charge in [0.05, 0.1) is 12.9 Å². The van der Waals surface area contributed by atoms with Gasteiger partial charge in [-0.1, -0.05) is 12.1 Å². The van der Waals surface area contributed by atoms with E-state index in [2.05, 4.69) is 15.0 Å². The predicted octanol–water partition coefficient (Wildman–Crippen LogP) is 3.09. The third kappa shape index (κ3) is 2.81. The Hall–Kier alpha value is -3.28. The van der Waals surface area contributed by atoms with Crippen LogP contribution in [0.5, 0.6) is 5.75 Å². The molecule has 4 rings (SSSR count). The summed E-state index contributed by atoms with van der Waals surface area (Å²) >= 11 is 0. The van der Waals surface area contributed by atoms with E-state index in [1.165, 1.54) is 0 Å². The van der Waals surface area contributed by atoms with E-state index >= 15 is 0 Å². The summed E-state index contributed by atoms with van der Waals surface area (Å²) in [5.41, 5.74) is 8.84. The number of nitrogens with zero attached hydrogens (tertiary/aromatic N) is 3. The van der Waals surface area contributed by atoms with Crippen LogP contribution in [0.2, 0.25) is 0 Å². The van der Waals surface area contributed by atoms with Gasteiger partial charge in [-0.15, -0.1) is 0 Å². The number of imidazole rings is 1. The number of aromatic amines is 1. The summed E-state index contributed by atoms with van der Waals surface area (Å²) in [4.78, 5) is 11.4. The number of hydrogen-bond acceptors (Lipinski definition) is 4. The third-order valence-electron chi connectivity index (χ3n) is 3.89. The highest BCUT2D eigenvalue weighted by Crippen LogP contribution is 2.30. The van der Waals surface area contributed by atoms with E-state index in [1.54, 1.807) is 12.5 Å². The van der Waals surface area contributed by atoms with E-state index in [4.69, 9.17) is 10.5 Å². The molecule has 24 heavy (non-hydrogen) atoms. The Kier molecular flexibility index (Phi) is 3.63. The summed E-state index contributed by atoms with van der Waals surface area (Å²) in [5.74, 6) is 1.34. The van der Waals surface area contributed by atoms with Crippen LogP contribution in [-0.2, 0) is 6.54 Å². The number of aromatic nitrogens is 4. The molecule has 3 aromatic heterocycles. The monoisotopic (exact) mass is 319 g/mol. The molecule has 0 saturated carbocycles. The first-order valence-corrected chi connectivity index (χ1v) is 7.72. The molecule has 0 bridgehead atoms. The third-order valence-corrected chi connectivity index (χ3v) is 3.89. The van der Waals surface area contributed by atoms with Gasteiger partial charge in [0.1, 0.15) is 23.8 Å². The van der Waals surface area contributed by atoms with Crippen molar-refractivity contribution in [1.29, 1.82) is 0 Å². The summed E-state index contributed by atoms with van der Waals surface area (Å²) in [6, 6.07) is 11.9. The van der Waals surface area contributed by atoms with E-state index < -0.39 is 0 Å². The van der Waals surface area contributed by atoms with E-state index in [1.807, 2.05) is 53.4 Å². The lowest BCUT2D eigenvalue weighted by atomic mass is 10.0. The minimum atomic E-state index is 0.501. The standard InChI is InChI=1S/C18H17N5O/c19-17-11-16(15-5-6-21-18(15)22-17)13-1-3-14(4-2-13)24-10-9-23-8-7-20-12-23/h1-8,11-12H,9-10H2,(H3,19,21,22). The van der Waals surface area contributed by atoms with Gasteiger partial charge < -0.3 is 20.0 Å². The zero-order chi connectivity index (χ0) is 16.4. The number of hydrogen-bond donors (Lipinski definition) is 2. The normalized spacial score (nSPS) is 11.0. The number of nitrogen functional groups attached to an aromatic ring is 1. The van der Waals surface area contributed by atoms with Crippen LogP contribution in [0.4, 0.5) is 5.82 Å². The number of rotatable bonds is 5. The van der Waals surface area contributed by atoms with Crippen LogP contribution in [0.15, 0.2) is 61.3 Å². The maximum Gasteiger partial charge on any atom is 0.140 e. The predicted molar refractivity (Wildman–Crippen MR) is 93.7 cm³/mol. The molecule has 3 heterocycles. The second-order valence-electron chi connectivity index (χ2n) is 5.51. The molecule has 0 amide bonds. The van der Waals surface area contributed by atoms with Gasteiger partial charge in [0.15, 0.2) is 0 Å². The van der Waals surface area contributed by atoms with Crippen LogP contribution in [0.25, 0.3) is 22.2 Å². The number of H-pyrrole nitrogens is 1. The molecule has 4 aromatic rings. The molecular formula is C18H17N5O. The Morgan fingerprint density at radius 3 is 2.83 bits per heavy atom. The topological polar surface area (TPSA) is 81.8 Å².